The number of phenolic OH excluding ortho intramolecular Hbond substituents is 1. The van der Waals surface area contributed by atoms with Crippen LogP contribution < -0.4 is 5.32 Å². The number of aromatic hydroxyl groups is 1. The Kier molecular flexibility index (Phi) is 3.07. The van der Waals surface area contributed by atoms with Crippen molar-refractivity contribution < 1.29 is 15.0 Å². The molecule has 17 heavy (non-hydrogen) atoms. The van der Waals surface area contributed by atoms with E-state index in [1.807, 2.05) is 19.9 Å². The molecular formula is C13H17NO3. The number of carbonyl (C=O) groups is 1. The van der Waals surface area contributed by atoms with Gasteiger partial charge in [-0.3, -0.25) is 4.79 Å². The molecule has 0 saturated carbocycles. The van der Waals surface area contributed by atoms with Crippen molar-refractivity contribution in [3.8, 4) is 5.75 Å². The van der Waals surface area contributed by atoms with E-state index in [-0.39, 0.29) is 17.7 Å². The van der Waals surface area contributed by atoms with Gasteiger partial charge < -0.3 is 15.5 Å². The molecule has 2 rings (SSSR count). The van der Waals surface area contributed by atoms with E-state index < -0.39 is 5.97 Å². The van der Waals surface area contributed by atoms with Gasteiger partial charge in [-0.05, 0) is 37.5 Å². The van der Waals surface area contributed by atoms with Crippen LogP contribution in [0.2, 0.25) is 0 Å². The molecule has 3 N–H and O–H groups in total. The van der Waals surface area contributed by atoms with E-state index in [2.05, 4.69) is 5.32 Å². The Bertz CT molecular complexity index is 433. The summed E-state index contributed by atoms with van der Waals surface area (Å²) >= 11 is 0. The first-order chi connectivity index (χ1) is 7.99. The van der Waals surface area contributed by atoms with Gasteiger partial charge in [0.25, 0.3) is 0 Å². The number of aryl methyl sites for hydroxylation is 2. The van der Waals surface area contributed by atoms with Crippen LogP contribution in [0.25, 0.3) is 0 Å². The van der Waals surface area contributed by atoms with Crippen molar-refractivity contribution in [2.45, 2.75) is 26.3 Å². The monoisotopic (exact) mass is 235 g/mol. The summed E-state index contributed by atoms with van der Waals surface area (Å²) in [5.41, 5.74) is 2.85. The smallest absolute Gasteiger partial charge is 0.307 e. The average molecular weight is 235 g/mol. The number of carboxylic acid groups (broad SMARTS) is 1. The highest BCUT2D eigenvalue weighted by atomic mass is 16.4. The maximum absolute atomic E-state index is 10.9. The Balaban J connectivity index is 2.27. The second kappa shape index (κ2) is 4.37. The van der Waals surface area contributed by atoms with Crippen molar-refractivity contribution in [1.82, 2.24) is 5.32 Å². The van der Waals surface area contributed by atoms with E-state index in [1.165, 1.54) is 0 Å². The molecular weight excluding hydrogens is 218 g/mol. The van der Waals surface area contributed by atoms with E-state index in [1.54, 1.807) is 6.07 Å². The maximum Gasteiger partial charge on any atom is 0.307 e. The van der Waals surface area contributed by atoms with Crippen molar-refractivity contribution in [2.75, 3.05) is 6.54 Å². The third kappa shape index (κ3) is 2.26. The minimum absolute atomic E-state index is 0.0586. The minimum Gasteiger partial charge on any atom is -0.508 e. The molecule has 0 amide bonds. The highest BCUT2D eigenvalue weighted by Crippen LogP contribution is 2.35. The summed E-state index contributed by atoms with van der Waals surface area (Å²) in [7, 11) is 0. The molecule has 1 aromatic rings. The molecule has 1 aromatic carbocycles. The molecule has 4 heteroatoms. The lowest BCUT2D eigenvalue weighted by atomic mass is 9.94. The fourth-order valence-electron chi connectivity index (χ4n) is 2.55. The van der Waals surface area contributed by atoms with Crippen LogP contribution in [-0.2, 0) is 4.79 Å². The lowest BCUT2D eigenvalue weighted by Gasteiger charge is -2.16. The highest BCUT2D eigenvalue weighted by Gasteiger charge is 2.32. The van der Waals surface area contributed by atoms with Crippen LogP contribution in [-0.4, -0.2) is 22.7 Å². The zero-order valence-corrected chi connectivity index (χ0v) is 10.0. The normalized spacial score (nSPS) is 23.9. The summed E-state index contributed by atoms with van der Waals surface area (Å²) in [4.78, 5) is 10.9. The number of aliphatic carboxylic acids is 1. The summed E-state index contributed by atoms with van der Waals surface area (Å²) in [5.74, 6) is -0.879. The number of rotatable bonds is 2. The van der Waals surface area contributed by atoms with Gasteiger partial charge in [0, 0.05) is 18.2 Å². The largest absolute Gasteiger partial charge is 0.508 e. The van der Waals surface area contributed by atoms with Crippen molar-refractivity contribution in [1.29, 1.82) is 0 Å². The van der Waals surface area contributed by atoms with Gasteiger partial charge in [-0.1, -0.05) is 6.07 Å². The van der Waals surface area contributed by atoms with Crippen LogP contribution in [0.5, 0.6) is 5.75 Å². The van der Waals surface area contributed by atoms with Crippen molar-refractivity contribution in [3.63, 3.8) is 0 Å². The Morgan fingerprint density at radius 3 is 2.65 bits per heavy atom. The number of phenols is 1. The molecule has 4 nitrogen and oxygen atoms in total. The summed E-state index contributed by atoms with van der Waals surface area (Å²) in [6.45, 7) is 4.34. The summed E-state index contributed by atoms with van der Waals surface area (Å²) in [5, 5.41) is 22.1. The molecule has 2 atom stereocenters. The molecule has 92 valence electrons. The summed E-state index contributed by atoms with van der Waals surface area (Å²) < 4.78 is 0. The van der Waals surface area contributed by atoms with Crippen LogP contribution in [0, 0.1) is 19.8 Å². The van der Waals surface area contributed by atoms with Gasteiger partial charge in [0.05, 0.1) is 5.92 Å². The zero-order chi connectivity index (χ0) is 12.6. The first-order valence-corrected chi connectivity index (χ1v) is 5.75. The Hall–Kier alpha value is -1.55. The lowest BCUT2D eigenvalue weighted by molar-refractivity contribution is -0.141. The topological polar surface area (TPSA) is 69.6 Å². The first-order valence-electron chi connectivity index (χ1n) is 5.75. The third-order valence-electron chi connectivity index (χ3n) is 3.34. The van der Waals surface area contributed by atoms with Gasteiger partial charge in [0.1, 0.15) is 5.75 Å². The molecule has 1 aliphatic rings. The van der Waals surface area contributed by atoms with Crippen LogP contribution in [0.1, 0.15) is 29.2 Å². The summed E-state index contributed by atoms with van der Waals surface area (Å²) in [6, 6.07) is 3.67. The molecule has 0 spiro atoms. The average Bonchev–Trinajstić information content (AvgIpc) is 2.65. The molecule has 2 unspecified atom stereocenters. The molecule has 0 aromatic heterocycles. The van der Waals surface area contributed by atoms with E-state index in [9.17, 15) is 9.90 Å². The molecule has 0 aliphatic carbocycles. The number of hydrogen-bond donors (Lipinski definition) is 3. The SMILES string of the molecule is Cc1cc(C)c(C2CC(C(=O)O)CN2)c(O)c1. The van der Waals surface area contributed by atoms with Crippen molar-refractivity contribution >= 4 is 5.97 Å². The standard InChI is InChI=1S/C13H17NO3/c1-7-3-8(2)12(11(15)4-7)10-5-9(6-14-10)13(16)17/h3-4,9-10,14-15H,5-6H2,1-2H3,(H,16,17). The minimum atomic E-state index is -0.774. The quantitative estimate of drug-likeness (QED) is 0.730. The molecule has 0 bridgehead atoms. The Morgan fingerprint density at radius 2 is 2.12 bits per heavy atom. The molecule has 1 aliphatic heterocycles. The van der Waals surface area contributed by atoms with E-state index in [0.29, 0.717) is 13.0 Å². The number of nitrogens with one attached hydrogen (secondary N) is 1. The number of benzene rings is 1. The van der Waals surface area contributed by atoms with Crippen LogP contribution in [0.15, 0.2) is 12.1 Å². The fourth-order valence-corrected chi connectivity index (χ4v) is 2.55. The Morgan fingerprint density at radius 1 is 1.41 bits per heavy atom. The molecule has 1 fully saturated rings. The molecule has 0 radical (unpaired) electrons. The van der Waals surface area contributed by atoms with E-state index >= 15 is 0 Å². The Labute approximate surface area is 100 Å². The van der Waals surface area contributed by atoms with E-state index in [4.69, 9.17) is 5.11 Å². The molecule has 1 saturated heterocycles. The number of carboxylic acids is 1. The highest BCUT2D eigenvalue weighted by molar-refractivity contribution is 5.71. The van der Waals surface area contributed by atoms with Crippen LogP contribution >= 0.6 is 0 Å². The maximum atomic E-state index is 10.9. The van der Waals surface area contributed by atoms with E-state index in [0.717, 1.165) is 16.7 Å². The van der Waals surface area contributed by atoms with Crippen LogP contribution in [0.4, 0.5) is 0 Å². The predicted octanol–water partition coefficient (Wildman–Crippen LogP) is 1.74. The van der Waals surface area contributed by atoms with Gasteiger partial charge >= 0.3 is 5.97 Å². The predicted molar refractivity (Wildman–Crippen MR) is 64.1 cm³/mol. The third-order valence-corrected chi connectivity index (χ3v) is 3.34. The van der Waals surface area contributed by atoms with Crippen molar-refractivity contribution in [2.24, 2.45) is 5.92 Å². The van der Waals surface area contributed by atoms with Crippen LogP contribution in [0.3, 0.4) is 0 Å². The van der Waals surface area contributed by atoms with Gasteiger partial charge in [-0.2, -0.15) is 0 Å². The second-order valence-corrected chi connectivity index (χ2v) is 4.75. The number of hydrogen-bond acceptors (Lipinski definition) is 3. The molecule has 1 heterocycles. The van der Waals surface area contributed by atoms with Gasteiger partial charge in [-0.15, -0.1) is 0 Å². The van der Waals surface area contributed by atoms with Gasteiger partial charge in [0.2, 0.25) is 0 Å². The van der Waals surface area contributed by atoms with Gasteiger partial charge in [-0.25, -0.2) is 0 Å². The summed E-state index contributed by atoms with van der Waals surface area (Å²) in [6.07, 6.45) is 0.535. The second-order valence-electron chi connectivity index (χ2n) is 4.75. The lowest BCUT2D eigenvalue weighted by Crippen LogP contribution is -2.17. The zero-order valence-electron chi connectivity index (χ0n) is 10.0. The van der Waals surface area contributed by atoms with Crippen molar-refractivity contribution in [3.05, 3.63) is 28.8 Å². The van der Waals surface area contributed by atoms with Gasteiger partial charge in [0.15, 0.2) is 0 Å². The first kappa shape index (κ1) is 11.9. The fraction of sp³-hybridized carbons (Fsp3) is 0.462.